The minimum Gasteiger partial charge on any atom is -0.480 e. The minimum absolute atomic E-state index is 0.117. The number of carboxylic acids is 1. The van der Waals surface area contributed by atoms with Crippen molar-refractivity contribution in [2.45, 2.75) is 45.8 Å². The third kappa shape index (κ3) is 8.32. The molecule has 0 heterocycles. The second kappa shape index (κ2) is 9.97. The molecule has 0 saturated heterocycles. The molecule has 1 atom stereocenters. The molecular weight excluding hydrogens is 296 g/mol. The van der Waals surface area contributed by atoms with Crippen molar-refractivity contribution in [1.29, 1.82) is 0 Å². The molecule has 128 valence electrons. The van der Waals surface area contributed by atoms with Crippen molar-refractivity contribution in [3.8, 4) is 0 Å². The number of carbonyl (C=O) groups excluding carboxylic acids is 1. The molecule has 0 aromatic heterocycles. The third-order valence-corrected chi connectivity index (χ3v) is 3.15. The summed E-state index contributed by atoms with van der Waals surface area (Å²) in [5.74, 6) is -1.36. The lowest BCUT2D eigenvalue weighted by atomic mass is 10.1. The average molecular weight is 322 g/mol. The number of rotatable bonds is 10. The summed E-state index contributed by atoms with van der Waals surface area (Å²) in [6.45, 7) is 6.87. The number of aryl methyl sites for hydroxylation is 1. The molecule has 0 aliphatic heterocycles. The lowest BCUT2D eigenvalue weighted by molar-refractivity contribution is -0.141. The average Bonchev–Trinajstić information content (AvgIpc) is 2.45. The van der Waals surface area contributed by atoms with Crippen LogP contribution in [0.1, 0.15) is 32.3 Å². The van der Waals surface area contributed by atoms with Crippen LogP contribution in [-0.4, -0.2) is 42.3 Å². The number of benzene rings is 1. The van der Waals surface area contributed by atoms with E-state index in [1.54, 1.807) is 6.07 Å². The Morgan fingerprint density at radius 3 is 2.65 bits per heavy atom. The van der Waals surface area contributed by atoms with E-state index in [1.807, 2.05) is 39.0 Å². The lowest BCUT2D eigenvalue weighted by Crippen LogP contribution is -2.40. The first-order valence-corrected chi connectivity index (χ1v) is 7.83. The number of carbonyl (C=O) groups is 2. The number of anilines is 1. The van der Waals surface area contributed by atoms with Crippen molar-refractivity contribution >= 4 is 17.6 Å². The highest BCUT2D eigenvalue weighted by Crippen LogP contribution is 2.10. The largest absolute Gasteiger partial charge is 0.480 e. The van der Waals surface area contributed by atoms with Gasteiger partial charge in [-0.05, 0) is 51.4 Å². The quantitative estimate of drug-likeness (QED) is 0.575. The van der Waals surface area contributed by atoms with E-state index in [0.717, 1.165) is 5.56 Å². The van der Waals surface area contributed by atoms with Crippen LogP contribution in [0.25, 0.3) is 0 Å². The van der Waals surface area contributed by atoms with Gasteiger partial charge in [0.05, 0.1) is 12.5 Å². The molecule has 3 N–H and O–H groups in total. The van der Waals surface area contributed by atoms with Crippen LogP contribution in [0.3, 0.4) is 0 Å². The second-order valence-electron chi connectivity index (χ2n) is 5.74. The molecular formula is C17H26N2O4. The van der Waals surface area contributed by atoms with E-state index in [1.165, 1.54) is 0 Å². The summed E-state index contributed by atoms with van der Waals surface area (Å²) in [6.07, 6.45) is 0.737. The Hall–Kier alpha value is -1.92. The zero-order valence-corrected chi connectivity index (χ0v) is 14.0. The van der Waals surface area contributed by atoms with E-state index in [0.29, 0.717) is 25.3 Å². The molecule has 0 radical (unpaired) electrons. The Morgan fingerprint density at radius 2 is 2.04 bits per heavy atom. The molecule has 1 amide bonds. The Morgan fingerprint density at radius 1 is 1.30 bits per heavy atom. The Balaban J connectivity index is 2.39. The van der Waals surface area contributed by atoms with E-state index >= 15 is 0 Å². The maximum atomic E-state index is 12.0. The van der Waals surface area contributed by atoms with Crippen LogP contribution >= 0.6 is 0 Å². The van der Waals surface area contributed by atoms with Crippen LogP contribution in [0, 0.1) is 6.92 Å². The molecule has 23 heavy (non-hydrogen) atoms. The topological polar surface area (TPSA) is 87.7 Å². The van der Waals surface area contributed by atoms with Crippen molar-refractivity contribution in [2.24, 2.45) is 0 Å². The predicted molar refractivity (Wildman–Crippen MR) is 89.6 cm³/mol. The van der Waals surface area contributed by atoms with Crippen molar-refractivity contribution in [1.82, 2.24) is 5.32 Å². The van der Waals surface area contributed by atoms with Crippen LogP contribution in [0.15, 0.2) is 24.3 Å². The van der Waals surface area contributed by atoms with Crippen molar-refractivity contribution < 1.29 is 19.4 Å². The first-order valence-electron chi connectivity index (χ1n) is 7.83. The van der Waals surface area contributed by atoms with Gasteiger partial charge in [-0.3, -0.25) is 9.59 Å². The summed E-state index contributed by atoms with van der Waals surface area (Å²) in [4.78, 5) is 23.2. The fourth-order valence-electron chi connectivity index (χ4n) is 2.03. The normalized spacial score (nSPS) is 12.2. The van der Waals surface area contributed by atoms with E-state index in [4.69, 9.17) is 4.74 Å². The number of ether oxygens (including phenoxy) is 1. The minimum atomic E-state index is -1.03. The fourth-order valence-corrected chi connectivity index (χ4v) is 2.03. The summed E-state index contributed by atoms with van der Waals surface area (Å²) in [5, 5.41) is 14.8. The van der Waals surface area contributed by atoms with Gasteiger partial charge in [-0.15, -0.1) is 0 Å². The molecule has 0 aliphatic rings. The zero-order valence-electron chi connectivity index (χ0n) is 14.0. The number of nitrogens with one attached hydrogen (secondary N) is 2. The summed E-state index contributed by atoms with van der Waals surface area (Å²) < 4.78 is 5.39. The van der Waals surface area contributed by atoms with Gasteiger partial charge in [-0.2, -0.15) is 0 Å². The van der Waals surface area contributed by atoms with E-state index < -0.39 is 12.0 Å². The highest BCUT2D eigenvalue weighted by Gasteiger charge is 2.20. The van der Waals surface area contributed by atoms with E-state index in [-0.39, 0.29) is 18.4 Å². The molecule has 6 nitrogen and oxygen atoms in total. The number of carboxylic acid groups (broad SMARTS) is 1. The van der Waals surface area contributed by atoms with E-state index in [2.05, 4.69) is 10.6 Å². The first kappa shape index (κ1) is 19.1. The van der Waals surface area contributed by atoms with Crippen LogP contribution in [-0.2, 0) is 14.3 Å². The molecule has 0 spiro atoms. The molecule has 1 aromatic carbocycles. The standard InChI is InChI=1S/C17H26N2O4/c1-12(2)23-9-5-8-18-15(17(21)22)11-16(20)19-14-7-4-6-13(3)10-14/h4,6-7,10,12,15,18H,5,8-9,11H2,1-3H3,(H,19,20)(H,21,22)/t15-/m1/s1. The maximum Gasteiger partial charge on any atom is 0.321 e. The molecule has 0 aliphatic carbocycles. The van der Waals surface area contributed by atoms with E-state index in [9.17, 15) is 14.7 Å². The Labute approximate surface area is 137 Å². The first-order chi connectivity index (χ1) is 10.9. The van der Waals surface area contributed by atoms with Gasteiger partial charge in [0.1, 0.15) is 6.04 Å². The molecule has 6 heteroatoms. The molecule has 0 bridgehead atoms. The second-order valence-corrected chi connectivity index (χ2v) is 5.74. The monoisotopic (exact) mass is 322 g/mol. The molecule has 0 saturated carbocycles. The fraction of sp³-hybridized carbons (Fsp3) is 0.529. The van der Waals surface area contributed by atoms with Gasteiger partial charge >= 0.3 is 5.97 Å². The van der Waals surface area contributed by atoms with Gasteiger partial charge in [0.2, 0.25) is 5.91 Å². The Kier molecular flexibility index (Phi) is 8.29. The summed E-state index contributed by atoms with van der Waals surface area (Å²) >= 11 is 0. The van der Waals surface area contributed by atoms with Gasteiger partial charge in [0, 0.05) is 12.3 Å². The highest BCUT2D eigenvalue weighted by molar-refractivity contribution is 5.94. The van der Waals surface area contributed by atoms with Gasteiger partial charge in [-0.25, -0.2) is 0 Å². The molecule has 1 rings (SSSR count). The maximum absolute atomic E-state index is 12.0. The van der Waals surface area contributed by atoms with Gasteiger partial charge in [0.25, 0.3) is 0 Å². The number of amides is 1. The summed E-state index contributed by atoms with van der Waals surface area (Å²) in [5.41, 5.74) is 1.70. The third-order valence-electron chi connectivity index (χ3n) is 3.15. The molecule has 0 unspecified atom stereocenters. The molecule has 1 aromatic rings. The zero-order chi connectivity index (χ0) is 17.2. The van der Waals surface area contributed by atoms with Crippen LogP contribution in [0.4, 0.5) is 5.69 Å². The Bertz CT molecular complexity index is 517. The van der Waals surface area contributed by atoms with Gasteiger partial charge in [0.15, 0.2) is 0 Å². The number of hydrogen-bond donors (Lipinski definition) is 3. The van der Waals surface area contributed by atoms with Crippen molar-refractivity contribution in [2.75, 3.05) is 18.5 Å². The van der Waals surface area contributed by atoms with Crippen LogP contribution < -0.4 is 10.6 Å². The van der Waals surface area contributed by atoms with Crippen LogP contribution in [0.5, 0.6) is 0 Å². The number of aliphatic carboxylic acids is 1. The summed E-state index contributed by atoms with van der Waals surface area (Å²) in [7, 11) is 0. The van der Waals surface area contributed by atoms with Crippen molar-refractivity contribution in [3.05, 3.63) is 29.8 Å². The van der Waals surface area contributed by atoms with Crippen molar-refractivity contribution in [3.63, 3.8) is 0 Å². The van der Waals surface area contributed by atoms with Crippen LogP contribution in [0.2, 0.25) is 0 Å². The number of hydrogen-bond acceptors (Lipinski definition) is 4. The van der Waals surface area contributed by atoms with Gasteiger partial charge in [-0.1, -0.05) is 12.1 Å². The highest BCUT2D eigenvalue weighted by atomic mass is 16.5. The lowest BCUT2D eigenvalue weighted by Gasteiger charge is -2.15. The SMILES string of the molecule is Cc1cccc(NC(=O)C[C@@H](NCCCOC(C)C)C(=O)O)c1. The predicted octanol–water partition coefficient (Wildman–Crippen LogP) is 2.18. The smallest absolute Gasteiger partial charge is 0.321 e. The molecule has 0 fully saturated rings. The van der Waals surface area contributed by atoms with Gasteiger partial charge < -0.3 is 20.5 Å². The summed E-state index contributed by atoms with van der Waals surface area (Å²) in [6, 6.07) is 6.48.